The molecule has 1 aliphatic heterocycles. The van der Waals surface area contributed by atoms with E-state index in [1.807, 2.05) is 0 Å². The van der Waals surface area contributed by atoms with Crippen molar-refractivity contribution in [1.82, 2.24) is 0 Å². The van der Waals surface area contributed by atoms with Crippen LogP contribution >= 0.6 is 0 Å². The van der Waals surface area contributed by atoms with Gasteiger partial charge in [0.1, 0.15) is 24.4 Å². The maximum Gasteiger partial charge on any atom is 0.184 e. The molecule has 14 heavy (non-hydrogen) atoms. The van der Waals surface area contributed by atoms with Gasteiger partial charge in [-0.2, -0.15) is 0 Å². The summed E-state index contributed by atoms with van der Waals surface area (Å²) in [6.07, 6.45) is -9.17. The maximum absolute atomic E-state index is 9.34. The predicted octanol–water partition coefficient (Wildman–Crippen LogP) is -3.25. The van der Waals surface area contributed by atoms with E-state index in [2.05, 4.69) is 9.47 Å². The van der Waals surface area contributed by atoms with E-state index in [9.17, 15) is 10.2 Å². The molecule has 1 rings (SSSR count). The summed E-state index contributed by atoms with van der Waals surface area (Å²) < 4.78 is 9.11. The Morgan fingerprint density at radius 3 is 2.14 bits per heavy atom. The Kier molecular flexibility index (Phi) is 3.78. The molecule has 1 saturated heterocycles. The van der Waals surface area contributed by atoms with E-state index in [1.165, 1.54) is 7.11 Å². The third-order valence-corrected chi connectivity index (χ3v) is 2.15. The summed E-state index contributed by atoms with van der Waals surface area (Å²) in [4.78, 5) is 0. The van der Waals surface area contributed by atoms with Gasteiger partial charge in [0.2, 0.25) is 0 Å². The van der Waals surface area contributed by atoms with Gasteiger partial charge in [-0.25, -0.2) is 0 Å². The summed E-state index contributed by atoms with van der Waals surface area (Å²) in [7, 11) is 1.17. The van der Waals surface area contributed by atoms with E-state index in [-0.39, 0.29) is 0 Å². The van der Waals surface area contributed by atoms with Crippen LogP contribution in [0.3, 0.4) is 0 Å². The molecular formula is C7H14O7. The van der Waals surface area contributed by atoms with Crippen LogP contribution in [0.5, 0.6) is 0 Å². The van der Waals surface area contributed by atoms with Crippen LogP contribution in [0.2, 0.25) is 0 Å². The molecule has 1 aliphatic rings. The standard InChI is InChI=1S/C7H14O7/c1-13-7(12)5-3(9)2(8)4(10)6(11)14-5/h2-12H,1H3/t2-,3-,4+,5-,6+,7?/m0/s1. The van der Waals surface area contributed by atoms with Crippen molar-refractivity contribution in [2.24, 2.45) is 0 Å². The molecule has 0 radical (unpaired) electrons. The van der Waals surface area contributed by atoms with Crippen molar-refractivity contribution in [1.29, 1.82) is 0 Å². The zero-order valence-electron chi connectivity index (χ0n) is 7.52. The zero-order valence-corrected chi connectivity index (χ0v) is 7.52. The summed E-state index contributed by atoms with van der Waals surface area (Å²) >= 11 is 0. The fourth-order valence-electron chi connectivity index (χ4n) is 1.26. The number of hydrogen-bond acceptors (Lipinski definition) is 7. The lowest BCUT2D eigenvalue weighted by atomic mass is 9.99. The molecule has 0 spiro atoms. The minimum absolute atomic E-state index is 1.17. The monoisotopic (exact) mass is 210 g/mol. The topological polar surface area (TPSA) is 120 Å². The first kappa shape index (κ1) is 11.8. The quantitative estimate of drug-likeness (QED) is 0.304. The Balaban J connectivity index is 2.70. The van der Waals surface area contributed by atoms with Gasteiger partial charge in [0.25, 0.3) is 0 Å². The highest BCUT2D eigenvalue weighted by molar-refractivity contribution is 4.89. The van der Waals surface area contributed by atoms with E-state index in [1.54, 1.807) is 0 Å². The first-order valence-electron chi connectivity index (χ1n) is 4.07. The van der Waals surface area contributed by atoms with Crippen LogP contribution in [0.15, 0.2) is 0 Å². The van der Waals surface area contributed by atoms with Crippen molar-refractivity contribution in [3.05, 3.63) is 0 Å². The normalized spacial score (nSPS) is 46.3. The molecule has 0 aliphatic carbocycles. The highest BCUT2D eigenvalue weighted by Gasteiger charge is 2.45. The van der Waals surface area contributed by atoms with Crippen LogP contribution in [0.4, 0.5) is 0 Å². The van der Waals surface area contributed by atoms with Crippen LogP contribution in [-0.2, 0) is 9.47 Å². The lowest BCUT2D eigenvalue weighted by molar-refractivity contribution is -0.320. The molecule has 0 aromatic rings. The average Bonchev–Trinajstić information content (AvgIpc) is 2.19. The summed E-state index contributed by atoms with van der Waals surface area (Å²) in [5, 5.41) is 45.9. The fourth-order valence-corrected chi connectivity index (χ4v) is 1.26. The van der Waals surface area contributed by atoms with Gasteiger partial charge in [0.05, 0.1) is 0 Å². The molecule has 0 amide bonds. The Hall–Kier alpha value is -0.280. The summed E-state index contributed by atoms with van der Waals surface area (Å²) in [5.74, 6) is 0. The molecule has 0 aromatic heterocycles. The van der Waals surface area contributed by atoms with Gasteiger partial charge in [-0.05, 0) is 0 Å². The smallest absolute Gasteiger partial charge is 0.184 e. The summed E-state index contributed by atoms with van der Waals surface area (Å²) in [5.41, 5.74) is 0. The van der Waals surface area contributed by atoms with Crippen molar-refractivity contribution in [3.63, 3.8) is 0 Å². The third kappa shape index (κ3) is 2.04. The van der Waals surface area contributed by atoms with Gasteiger partial charge >= 0.3 is 0 Å². The molecule has 0 bridgehead atoms. The molecule has 6 atom stereocenters. The Bertz CT molecular complexity index is 187. The second-order valence-corrected chi connectivity index (χ2v) is 3.09. The van der Waals surface area contributed by atoms with E-state index in [0.29, 0.717) is 0 Å². The SMILES string of the molecule is COC(O)[C@H]1O[C@@H](O)[C@H](O)[C@@H](O)[C@@H]1O. The predicted molar refractivity (Wildman–Crippen MR) is 41.9 cm³/mol. The molecule has 0 saturated carbocycles. The van der Waals surface area contributed by atoms with E-state index >= 15 is 0 Å². The van der Waals surface area contributed by atoms with Crippen molar-refractivity contribution >= 4 is 0 Å². The second kappa shape index (κ2) is 4.49. The molecule has 7 nitrogen and oxygen atoms in total. The van der Waals surface area contributed by atoms with Crippen molar-refractivity contribution in [2.45, 2.75) is 37.0 Å². The fraction of sp³-hybridized carbons (Fsp3) is 1.00. The highest BCUT2D eigenvalue weighted by atomic mass is 16.7. The minimum atomic E-state index is -1.66. The Morgan fingerprint density at radius 2 is 1.64 bits per heavy atom. The molecule has 0 aromatic carbocycles. The Labute approximate surface area is 80.1 Å². The van der Waals surface area contributed by atoms with Crippen LogP contribution < -0.4 is 0 Å². The highest BCUT2D eigenvalue weighted by Crippen LogP contribution is 2.22. The van der Waals surface area contributed by atoms with E-state index < -0.39 is 37.0 Å². The summed E-state index contributed by atoms with van der Waals surface area (Å²) in [6, 6.07) is 0. The maximum atomic E-state index is 9.34. The lowest BCUT2D eigenvalue weighted by Gasteiger charge is -2.39. The van der Waals surface area contributed by atoms with E-state index in [4.69, 9.17) is 15.3 Å². The van der Waals surface area contributed by atoms with Crippen molar-refractivity contribution in [3.8, 4) is 0 Å². The number of hydrogen-bond donors (Lipinski definition) is 5. The van der Waals surface area contributed by atoms with Gasteiger partial charge in [0.15, 0.2) is 12.6 Å². The molecule has 1 heterocycles. The minimum Gasteiger partial charge on any atom is -0.387 e. The molecular weight excluding hydrogens is 196 g/mol. The van der Waals surface area contributed by atoms with Gasteiger partial charge in [-0.15, -0.1) is 0 Å². The molecule has 1 unspecified atom stereocenters. The number of rotatable bonds is 2. The van der Waals surface area contributed by atoms with Gasteiger partial charge in [-0.1, -0.05) is 0 Å². The number of methoxy groups -OCH3 is 1. The van der Waals surface area contributed by atoms with Crippen LogP contribution in [0, 0.1) is 0 Å². The van der Waals surface area contributed by atoms with Crippen molar-refractivity contribution in [2.75, 3.05) is 7.11 Å². The van der Waals surface area contributed by atoms with Crippen molar-refractivity contribution < 1.29 is 35.0 Å². The van der Waals surface area contributed by atoms with Crippen LogP contribution in [0.25, 0.3) is 0 Å². The van der Waals surface area contributed by atoms with Crippen LogP contribution in [-0.4, -0.2) is 69.6 Å². The lowest BCUT2D eigenvalue weighted by Crippen LogP contribution is -2.60. The number of ether oxygens (including phenoxy) is 2. The second-order valence-electron chi connectivity index (χ2n) is 3.09. The molecule has 5 N–H and O–H groups in total. The summed E-state index contributed by atoms with van der Waals surface area (Å²) in [6.45, 7) is 0. The molecule has 84 valence electrons. The van der Waals surface area contributed by atoms with Gasteiger partial charge in [0, 0.05) is 7.11 Å². The van der Waals surface area contributed by atoms with Crippen LogP contribution in [0.1, 0.15) is 0 Å². The average molecular weight is 210 g/mol. The molecule has 7 heteroatoms. The first-order chi connectivity index (χ1) is 6.49. The Morgan fingerprint density at radius 1 is 1.07 bits per heavy atom. The van der Waals surface area contributed by atoms with Gasteiger partial charge < -0.3 is 35.0 Å². The van der Waals surface area contributed by atoms with Gasteiger partial charge in [-0.3, -0.25) is 0 Å². The molecule has 1 fully saturated rings. The van der Waals surface area contributed by atoms with E-state index in [0.717, 1.165) is 0 Å². The largest absolute Gasteiger partial charge is 0.387 e. The number of aliphatic hydroxyl groups excluding tert-OH is 5. The number of aliphatic hydroxyl groups is 5. The third-order valence-electron chi connectivity index (χ3n) is 2.15. The zero-order chi connectivity index (χ0) is 10.9. The first-order valence-corrected chi connectivity index (χ1v) is 4.07.